The molecule has 0 aromatic carbocycles. The minimum absolute atomic E-state index is 0.565. The van der Waals surface area contributed by atoms with E-state index in [-0.39, 0.29) is 0 Å². The van der Waals surface area contributed by atoms with Crippen LogP contribution in [0.15, 0.2) is 0 Å². The molecule has 10 heteroatoms. The molecule has 0 aliphatic heterocycles. The van der Waals surface area contributed by atoms with E-state index in [0.717, 1.165) is 19.5 Å². The third kappa shape index (κ3) is 13.7. The van der Waals surface area contributed by atoms with Crippen molar-refractivity contribution in [1.29, 1.82) is 0 Å². The highest BCUT2D eigenvalue weighted by Gasteiger charge is 2.48. The van der Waals surface area contributed by atoms with Crippen LogP contribution in [0.5, 0.6) is 0 Å². The lowest BCUT2D eigenvalue weighted by atomic mass is 10.2. The van der Waals surface area contributed by atoms with Gasteiger partial charge in [-0.25, -0.2) is 0 Å². The molecule has 194 valence electrons. The first-order valence-electron chi connectivity index (χ1n) is 12.6. The molecule has 0 rings (SSSR count). The van der Waals surface area contributed by atoms with Gasteiger partial charge in [0.25, 0.3) is 0 Å². The SMILES string of the molecule is CCO[Si](CN(CCCCCCN(C)C)C[Si](OCC)(OCC)OCC)(OCC)OCC. The number of hydrogen-bond donors (Lipinski definition) is 0. The van der Waals surface area contributed by atoms with Gasteiger partial charge < -0.3 is 31.5 Å². The molecule has 8 nitrogen and oxygen atoms in total. The summed E-state index contributed by atoms with van der Waals surface area (Å²) in [6, 6.07) is 0. The second-order valence-electron chi connectivity index (χ2n) is 7.89. The van der Waals surface area contributed by atoms with Crippen LogP contribution in [0.3, 0.4) is 0 Å². The van der Waals surface area contributed by atoms with E-state index >= 15 is 0 Å². The Balaban J connectivity index is 5.48. The lowest BCUT2D eigenvalue weighted by Gasteiger charge is -2.37. The molecule has 0 fully saturated rings. The first-order chi connectivity index (χ1) is 15.4. The van der Waals surface area contributed by atoms with Crippen LogP contribution in [0.25, 0.3) is 0 Å². The van der Waals surface area contributed by atoms with Gasteiger partial charge in [0, 0.05) is 39.6 Å². The molecule has 0 bridgehead atoms. The Morgan fingerprint density at radius 2 is 0.781 bits per heavy atom. The fourth-order valence-electron chi connectivity index (χ4n) is 3.72. The van der Waals surface area contributed by atoms with Crippen molar-refractivity contribution in [2.75, 3.05) is 79.2 Å². The van der Waals surface area contributed by atoms with Gasteiger partial charge in [0.1, 0.15) is 0 Å². The largest absolute Gasteiger partial charge is 0.515 e. The van der Waals surface area contributed by atoms with Gasteiger partial charge in [0.05, 0.1) is 12.3 Å². The Morgan fingerprint density at radius 3 is 1.06 bits per heavy atom. The second-order valence-corrected chi connectivity index (χ2v) is 13.0. The van der Waals surface area contributed by atoms with Crippen molar-refractivity contribution < 1.29 is 26.6 Å². The van der Waals surface area contributed by atoms with Gasteiger partial charge in [-0.1, -0.05) is 12.8 Å². The van der Waals surface area contributed by atoms with E-state index in [4.69, 9.17) is 26.6 Å². The van der Waals surface area contributed by atoms with E-state index in [1.165, 1.54) is 19.3 Å². The lowest BCUT2D eigenvalue weighted by Crippen LogP contribution is -2.61. The maximum atomic E-state index is 6.15. The Morgan fingerprint density at radius 1 is 0.469 bits per heavy atom. The van der Waals surface area contributed by atoms with Gasteiger partial charge in [-0.05, 0) is 81.6 Å². The minimum atomic E-state index is -2.84. The van der Waals surface area contributed by atoms with Crippen molar-refractivity contribution in [2.24, 2.45) is 0 Å². The number of unbranched alkanes of at least 4 members (excludes halogenated alkanes) is 3. The van der Waals surface area contributed by atoms with Crippen LogP contribution in [-0.4, -0.2) is 107 Å². The van der Waals surface area contributed by atoms with E-state index in [2.05, 4.69) is 23.9 Å². The van der Waals surface area contributed by atoms with Crippen molar-refractivity contribution in [1.82, 2.24) is 9.80 Å². The molecule has 0 saturated heterocycles. The normalized spacial score (nSPS) is 12.9. The molecule has 0 aromatic rings. The molecule has 32 heavy (non-hydrogen) atoms. The highest BCUT2D eigenvalue weighted by Crippen LogP contribution is 2.18. The molecule has 0 N–H and O–H groups in total. The quantitative estimate of drug-likeness (QED) is 0.157. The van der Waals surface area contributed by atoms with Crippen LogP contribution in [0.1, 0.15) is 67.2 Å². The second kappa shape index (κ2) is 19.4. The summed E-state index contributed by atoms with van der Waals surface area (Å²) in [4.78, 5) is 4.59. The van der Waals surface area contributed by atoms with E-state index < -0.39 is 17.6 Å². The zero-order valence-corrected chi connectivity index (χ0v) is 24.2. The molecule has 0 amide bonds. The maximum absolute atomic E-state index is 6.15. The Bertz CT molecular complexity index is 373. The summed E-state index contributed by atoms with van der Waals surface area (Å²) < 4.78 is 36.9. The standard InChI is InChI=1S/C22H52N2O6Si2/c1-9-25-31(26-10-2,27-11-3)21-24(20-18-16-15-17-19-23(7)8)22-32(28-12-4,29-13-5)30-14-6/h9-22H2,1-8H3. The Kier molecular flexibility index (Phi) is 19.5. The van der Waals surface area contributed by atoms with E-state index in [0.29, 0.717) is 52.0 Å². The predicted molar refractivity (Wildman–Crippen MR) is 135 cm³/mol. The highest BCUT2D eigenvalue weighted by molar-refractivity contribution is 6.62. The number of rotatable bonds is 23. The Hall–Kier alpha value is 0.114. The molecule has 0 spiro atoms. The third-order valence-electron chi connectivity index (χ3n) is 4.85. The highest BCUT2D eigenvalue weighted by atomic mass is 28.4. The summed E-state index contributed by atoms with van der Waals surface area (Å²) in [6.07, 6.45) is 5.95. The van der Waals surface area contributed by atoms with Crippen LogP contribution in [0.2, 0.25) is 0 Å². The van der Waals surface area contributed by atoms with Crippen molar-refractivity contribution in [2.45, 2.75) is 67.2 Å². The predicted octanol–water partition coefficient (Wildman–Crippen LogP) is 3.59. The van der Waals surface area contributed by atoms with E-state index in [9.17, 15) is 0 Å². The monoisotopic (exact) mass is 496 g/mol. The molecule has 0 saturated carbocycles. The summed E-state index contributed by atoms with van der Waals surface area (Å²) in [6.45, 7) is 17.4. The van der Waals surface area contributed by atoms with Crippen LogP contribution >= 0.6 is 0 Å². The summed E-state index contributed by atoms with van der Waals surface area (Å²) in [5.74, 6) is 0. The van der Waals surface area contributed by atoms with Crippen molar-refractivity contribution in [3.05, 3.63) is 0 Å². The van der Waals surface area contributed by atoms with Crippen molar-refractivity contribution in [3.8, 4) is 0 Å². The number of hydrogen-bond acceptors (Lipinski definition) is 8. The third-order valence-corrected chi connectivity index (χ3v) is 10.9. The van der Waals surface area contributed by atoms with Crippen LogP contribution in [-0.2, 0) is 26.6 Å². The zero-order chi connectivity index (χ0) is 24.3. The smallest absolute Gasteiger partial charge is 0.373 e. The average molecular weight is 497 g/mol. The van der Waals surface area contributed by atoms with Gasteiger partial charge in [-0.3, -0.25) is 4.90 Å². The number of nitrogens with zero attached hydrogens (tertiary/aromatic N) is 2. The van der Waals surface area contributed by atoms with Crippen molar-refractivity contribution in [3.63, 3.8) is 0 Å². The molecule has 0 atom stereocenters. The molecule has 0 aliphatic rings. The molecular formula is C22H52N2O6Si2. The van der Waals surface area contributed by atoms with Crippen LogP contribution in [0.4, 0.5) is 0 Å². The minimum Gasteiger partial charge on any atom is -0.373 e. The molecule has 0 aliphatic carbocycles. The van der Waals surface area contributed by atoms with Gasteiger partial charge in [0.2, 0.25) is 0 Å². The molecule has 0 radical (unpaired) electrons. The summed E-state index contributed by atoms with van der Waals surface area (Å²) >= 11 is 0. The Labute approximate surface area is 200 Å². The van der Waals surface area contributed by atoms with Gasteiger partial charge in [-0.15, -0.1) is 0 Å². The average Bonchev–Trinajstić information content (AvgIpc) is 2.71. The molecule has 0 unspecified atom stereocenters. The van der Waals surface area contributed by atoms with Gasteiger partial charge in [0.15, 0.2) is 0 Å². The molecule has 0 aromatic heterocycles. The van der Waals surface area contributed by atoms with Crippen LogP contribution in [0, 0.1) is 0 Å². The first-order valence-corrected chi connectivity index (χ1v) is 16.4. The topological polar surface area (TPSA) is 61.9 Å². The fraction of sp³-hybridized carbons (Fsp3) is 1.00. The fourth-order valence-corrected chi connectivity index (χ4v) is 9.27. The summed E-state index contributed by atoms with van der Waals surface area (Å²) in [5.41, 5.74) is 0. The first kappa shape index (κ1) is 32.1. The van der Waals surface area contributed by atoms with E-state index in [1.807, 2.05) is 41.5 Å². The summed E-state index contributed by atoms with van der Waals surface area (Å²) in [5, 5.41) is 0. The van der Waals surface area contributed by atoms with Gasteiger partial charge >= 0.3 is 17.6 Å². The molecule has 0 heterocycles. The summed E-state index contributed by atoms with van der Waals surface area (Å²) in [7, 11) is -1.43. The maximum Gasteiger partial charge on any atom is 0.515 e. The molecular weight excluding hydrogens is 444 g/mol. The zero-order valence-electron chi connectivity index (χ0n) is 22.2. The van der Waals surface area contributed by atoms with Gasteiger partial charge in [-0.2, -0.15) is 0 Å². The van der Waals surface area contributed by atoms with Crippen molar-refractivity contribution >= 4 is 17.6 Å². The van der Waals surface area contributed by atoms with Crippen LogP contribution < -0.4 is 0 Å². The van der Waals surface area contributed by atoms with E-state index in [1.54, 1.807) is 0 Å². The lowest BCUT2D eigenvalue weighted by molar-refractivity contribution is 0.0417.